The molecule has 6 amide bonds. The SMILES string of the molecule is CCCCCCCCNC(=O)[C@@H]1CN(C(=O)c2ccc(C(=O)N3C[C@@H](C(=O)N[C@H]4C[C@@H]4c4ccccc4)[C@H](C(=O)N[C@@H]4C[C@H]4c4ccccc4)C3)cc2)C[C@H]1C(=O)NCCCCCCCC. The van der Waals surface area contributed by atoms with Crippen LogP contribution in [0.25, 0.3) is 0 Å². The average Bonchev–Trinajstić information content (AvgIpc) is 4.18. The molecule has 2 saturated carbocycles. The molecule has 3 aromatic carbocycles. The van der Waals surface area contributed by atoms with Crippen molar-refractivity contribution in [3.63, 3.8) is 0 Å². The number of carbonyl (C=O) groups is 6. The van der Waals surface area contributed by atoms with Crippen LogP contribution < -0.4 is 21.3 Å². The summed E-state index contributed by atoms with van der Waals surface area (Å²) in [7, 11) is 0. The van der Waals surface area contributed by atoms with E-state index in [1.165, 1.54) is 49.7 Å². The number of unbranched alkanes of at least 4 members (excludes halogenated alkanes) is 10. The van der Waals surface area contributed by atoms with Gasteiger partial charge in [0, 0.05) is 74.3 Å². The van der Waals surface area contributed by atoms with Crippen LogP contribution >= 0.6 is 0 Å². The van der Waals surface area contributed by atoms with Crippen molar-refractivity contribution in [3.05, 3.63) is 107 Å². The number of hydrogen-bond donors (Lipinski definition) is 4. The second-order valence-electron chi connectivity index (χ2n) is 19.3. The molecule has 0 bridgehead atoms. The van der Waals surface area contributed by atoms with Gasteiger partial charge < -0.3 is 31.1 Å². The van der Waals surface area contributed by atoms with Crippen molar-refractivity contribution in [1.82, 2.24) is 31.1 Å². The van der Waals surface area contributed by atoms with E-state index >= 15 is 0 Å². The lowest BCUT2D eigenvalue weighted by molar-refractivity contribution is -0.133. The van der Waals surface area contributed by atoms with Crippen LogP contribution in [-0.2, 0) is 19.2 Å². The highest BCUT2D eigenvalue weighted by molar-refractivity contribution is 6.00. The van der Waals surface area contributed by atoms with Crippen molar-refractivity contribution in [2.24, 2.45) is 23.7 Å². The van der Waals surface area contributed by atoms with Gasteiger partial charge in [-0.15, -0.1) is 0 Å². The Labute approximate surface area is 391 Å². The maximum absolute atomic E-state index is 14.1. The highest BCUT2D eigenvalue weighted by Gasteiger charge is 2.49. The standard InChI is InChI=1S/C54H72N6O6/c1-3-5-7-9-11-19-29-55-49(61)43-33-59(34-44(43)50(62)56-30-20-12-10-8-6-4-2)53(65)39-25-27-40(28-26-39)54(66)60-35-45(51(63)57-47-31-41(47)37-21-15-13-16-22-37)46(36-60)52(64)58-48-32-42(48)38-23-17-14-18-24-38/h13-18,21-28,41-48H,3-12,19-20,29-36H2,1-2H3,(H,55,61)(H,56,62)(H,57,63)(H,58,64)/t41-,42+,43-,44-,45-,46-,47+,48-/m1/s1. The van der Waals surface area contributed by atoms with Gasteiger partial charge in [0.1, 0.15) is 0 Å². The smallest absolute Gasteiger partial charge is 0.253 e. The van der Waals surface area contributed by atoms with Gasteiger partial charge in [-0.25, -0.2) is 0 Å². The summed E-state index contributed by atoms with van der Waals surface area (Å²) in [6.45, 7) is 5.88. The van der Waals surface area contributed by atoms with E-state index in [2.05, 4.69) is 59.4 Å². The summed E-state index contributed by atoms with van der Waals surface area (Å²) >= 11 is 0. The normalized spacial score (nSPS) is 24.1. The molecule has 66 heavy (non-hydrogen) atoms. The van der Waals surface area contributed by atoms with Crippen molar-refractivity contribution in [2.75, 3.05) is 39.3 Å². The van der Waals surface area contributed by atoms with Crippen LogP contribution in [0.3, 0.4) is 0 Å². The fraction of sp³-hybridized carbons (Fsp3) is 0.556. The minimum absolute atomic E-state index is 0.0236. The summed E-state index contributed by atoms with van der Waals surface area (Å²) in [6, 6.07) is 26.5. The molecule has 354 valence electrons. The zero-order valence-electron chi connectivity index (χ0n) is 39.2. The van der Waals surface area contributed by atoms with Crippen molar-refractivity contribution >= 4 is 35.4 Å². The van der Waals surface area contributed by atoms with Crippen LogP contribution in [0.1, 0.15) is 147 Å². The van der Waals surface area contributed by atoms with Crippen LogP contribution in [0, 0.1) is 23.7 Å². The molecule has 2 aliphatic carbocycles. The number of rotatable bonds is 24. The molecular formula is C54H72N6O6. The molecule has 0 radical (unpaired) electrons. The maximum Gasteiger partial charge on any atom is 0.253 e. The van der Waals surface area contributed by atoms with E-state index in [9.17, 15) is 28.8 Å². The highest BCUT2D eigenvalue weighted by atomic mass is 16.2. The largest absolute Gasteiger partial charge is 0.356 e. The summed E-state index contributed by atoms with van der Waals surface area (Å²) in [4.78, 5) is 86.4. The number of nitrogens with zero attached hydrogens (tertiary/aromatic N) is 2. The monoisotopic (exact) mass is 901 g/mol. The third-order valence-electron chi connectivity index (χ3n) is 14.3. The Kier molecular flexibility index (Phi) is 17.4. The van der Waals surface area contributed by atoms with Gasteiger partial charge in [0.2, 0.25) is 23.6 Å². The first-order valence-corrected chi connectivity index (χ1v) is 25.1. The Hall–Kier alpha value is -5.52. The summed E-state index contributed by atoms with van der Waals surface area (Å²) in [5, 5.41) is 12.5. The molecular weight excluding hydrogens is 829 g/mol. The fourth-order valence-corrected chi connectivity index (χ4v) is 10.0. The minimum atomic E-state index is -0.720. The molecule has 0 spiro atoms. The third kappa shape index (κ3) is 12.9. The van der Waals surface area contributed by atoms with Crippen molar-refractivity contribution < 1.29 is 28.8 Å². The second-order valence-corrected chi connectivity index (χ2v) is 19.3. The topological polar surface area (TPSA) is 157 Å². The van der Waals surface area contributed by atoms with Gasteiger partial charge in [0.25, 0.3) is 11.8 Å². The lowest BCUT2D eigenvalue weighted by atomic mass is 9.94. The van der Waals surface area contributed by atoms with Crippen molar-refractivity contribution in [1.29, 1.82) is 0 Å². The van der Waals surface area contributed by atoms with Crippen LogP contribution in [0.4, 0.5) is 0 Å². The number of carbonyl (C=O) groups excluding carboxylic acids is 6. The Morgan fingerprint density at radius 1 is 0.439 bits per heavy atom. The predicted molar refractivity (Wildman–Crippen MR) is 256 cm³/mol. The lowest BCUT2D eigenvalue weighted by Gasteiger charge is -2.18. The first-order chi connectivity index (χ1) is 32.2. The Morgan fingerprint density at radius 3 is 1.14 bits per heavy atom. The predicted octanol–water partition coefficient (Wildman–Crippen LogP) is 7.36. The maximum atomic E-state index is 14.1. The van der Waals surface area contributed by atoms with Crippen LogP contribution in [0.2, 0.25) is 0 Å². The molecule has 4 N–H and O–H groups in total. The van der Waals surface area contributed by atoms with Crippen molar-refractivity contribution in [3.8, 4) is 0 Å². The van der Waals surface area contributed by atoms with E-state index in [0.29, 0.717) is 24.2 Å². The zero-order chi connectivity index (χ0) is 46.4. The molecule has 8 atom stereocenters. The number of hydrogen-bond acceptors (Lipinski definition) is 6. The van der Waals surface area contributed by atoms with Crippen LogP contribution in [0.15, 0.2) is 84.9 Å². The van der Waals surface area contributed by atoms with Crippen molar-refractivity contribution in [2.45, 2.75) is 128 Å². The number of likely N-dealkylation sites (tertiary alicyclic amines) is 2. The number of nitrogens with one attached hydrogen (secondary N) is 4. The zero-order valence-corrected chi connectivity index (χ0v) is 39.2. The molecule has 7 rings (SSSR count). The minimum Gasteiger partial charge on any atom is -0.356 e. The van der Waals surface area contributed by atoms with E-state index in [4.69, 9.17) is 0 Å². The average molecular weight is 901 g/mol. The molecule has 0 unspecified atom stereocenters. The second kappa shape index (κ2) is 23.8. The molecule has 0 aromatic heterocycles. The van der Waals surface area contributed by atoms with Crippen LogP contribution in [-0.4, -0.2) is 96.6 Å². The van der Waals surface area contributed by atoms with E-state index in [1.807, 2.05) is 36.4 Å². The molecule has 2 saturated heterocycles. The Balaban J connectivity index is 0.975. The van der Waals surface area contributed by atoms with Gasteiger partial charge >= 0.3 is 0 Å². The van der Waals surface area contributed by atoms with Crippen LogP contribution in [0.5, 0.6) is 0 Å². The fourth-order valence-electron chi connectivity index (χ4n) is 10.0. The lowest BCUT2D eigenvalue weighted by Crippen LogP contribution is -2.43. The van der Waals surface area contributed by atoms with Gasteiger partial charge in [-0.2, -0.15) is 0 Å². The Morgan fingerprint density at radius 2 is 0.773 bits per heavy atom. The van der Waals surface area contributed by atoms with Gasteiger partial charge in [-0.3, -0.25) is 28.8 Å². The van der Waals surface area contributed by atoms with Gasteiger partial charge in [0.15, 0.2) is 0 Å². The highest BCUT2D eigenvalue weighted by Crippen LogP contribution is 2.43. The molecule has 12 heteroatoms. The summed E-state index contributed by atoms with van der Waals surface area (Å²) in [5.41, 5.74) is 3.02. The van der Waals surface area contributed by atoms with E-state index in [1.54, 1.807) is 34.1 Å². The molecule has 4 aliphatic rings. The number of benzene rings is 3. The molecule has 12 nitrogen and oxygen atoms in total. The van der Waals surface area contributed by atoms with E-state index < -0.39 is 23.7 Å². The third-order valence-corrected chi connectivity index (χ3v) is 14.3. The summed E-state index contributed by atoms with van der Waals surface area (Å²) in [6.07, 6.45) is 14.8. The molecule has 2 aliphatic heterocycles. The van der Waals surface area contributed by atoms with E-state index in [0.717, 1.165) is 51.4 Å². The van der Waals surface area contributed by atoms with E-state index in [-0.39, 0.29) is 85.5 Å². The summed E-state index contributed by atoms with van der Waals surface area (Å²) < 4.78 is 0. The Bertz CT molecular complexity index is 1980. The molecule has 3 aromatic rings. The molecule has 4 fully saturated rings. The summed E-state index contributed by atoms with van der Waals surface area (Å²) in [5.74, 6) is -3.83. The number of amides is 6. The van der Waals surface area contributed by atoms with Gasteiger partial charge in [0.05, 0.1) is 23.7 Å². The quantitative estimate of drug-likeness (QED) is 0.0689. The van der Waals surface area contributed by atoms with Gasteiger partial charge in [-0.1, -0.05) is 139 Å². The van der Waals surface area contributed by atoms with Gasteiger partial charge in [-0.05, 0) is 61.1 Å². The first kappa shape index (κ1) is 48.4. The molecule has 2 heterocycles. The first-order valence-electron chi connectivity index (χ1n) is 25.1.